The van der Waals surface area contributed by atoms with Gasteiger partial charge in [-0.15, -0.1) is 5.10 Å². The van der Waals surface area contributed by atoms with Gasteiger partial charge in [-0.3, -0.25) is 14.6 Å². The number of morpholine rings is 2. The SMILES string of the molecule is C[C@@H]1CN(CC(=O)N2CC(C)(C)c3c2cc(Cc2ccc(F)cc2)c2nc(N4CCOCC4)nn32)[C@@H](CN2CCOC[C@H]2C)CN1. The van der Waals surface area contributed by atoms with Gasteiger partial charge in [-0.2, -0.15) is 4.98 Å². The fourth-order valence-corrected chi connectivity index (χ4v) is 7.51. The minimum absolute atomic E-state index is 0.0987. The second-order valence-corrected chi connectivity index (χ2v) is 14.1. The molecule has 0 saturated carbocycles. The van der Waals surface area contributed by atoms with Crippen LogP contribution in [-0.2, 0) is 26.1 Å². The summed E-state index contributed by atoms with van der Waals surface area (Å²) in [4.78, 5) is 28.4. The minimum Gasteiger partial charge on any atom is -0.379 e. The topological polar surface area (TPSA) is 90.7 Å². The van der Waals surface area contributed by atoms with E-state index in [2.05, 4.69) is 53.8 Å². The van der Waals surface area contributed by atoms with E-state index in [9.17, 15) is 9.18 Å². The quantitative estimate of drug-likeness (QED) is 0.421. The summed E-state index contributed by atoms with van der Waals surface area (Å²) in [5.74, 6) is 0.510. The number of nitrogens with zero attached hydrogens (tertiary/aromatic N) is 7. The molecule has 1 aromatic carbocycles. The molecular weight excluding hydrogens is 587 g/mol. The Morgan fingerprint density at radius 3 is 2.59 bits per heavy atom. The van der Waals surface area contributed by atoms with Gasteiger partial charge >= 0.3 is 0 Å². The monoisotopic (exact) mass is 634 g/mol. The van der Waals surface area contributed by atoms with Crippen molar-refractivity contribution in [3.05, 3.63) is 53.0 Å². The lowest BCUT2D eigenvalue weighted by atomic mass is 9.90. The zero-order chi connectivity index (χ0) is 32.0. The molecule has 46 heavy (non-hydrogen) atoms. The van der Waals surface area contributed by atoms with Crippen molar-refractivity contribution >= 4 is 23.2 Å². The van der Waals surface area contributed by atoms with Crippen LogP contribution in [0.2, 0.25) is 0 Å². The van der Waals surface area contributed by atoms with Crippen molar-refractivity contribution < 1.29 is 18.7 Å². The summed E-state index contributed by atoms with van der Waals surface area (Å²) in [6.45, 7) is 17.4. The highest BCUT2D eigenvalue weighted by molar-refractivity contribution is 5.98. The molecule has 3 saturated heterocycles. The number of nitrogens with one attached hydrogen (secondary N) is 1. The highest BCUT2D eigenvalue weighted by atomic mass is 19.1. The highest BCUT2D eigenvalue weighted by Gasteiger charge is 2.43. The molecule has 7 rings (SSSR count). The Labute approximate surface area is 270 Å². The Morgan fingerprint density at radius 1 is 1.07 bits per heavy atom. The fraction of sp³-hybridized carbons (Fsp3) is 0.618. The van der Waals surface area contributed by atoms with Gasteiger partial charge in [0.05, 0.1) is 44.4 Å². The second-order valence-electron chi connectivity index (χ2n) is 14.1. The molecule has 4 aliphatic rings. The summed E-state index contributed by atoms with van der Waals surface area (Å²) < 4.78 is 27.0. The summed E-state index contributed by atoms with van der Waals surface area (Å²) >= 11 is 0. The number of halogens is 1. The first-order valence-corrected chi connectivity index (χ1v) is 16.8. The van der Waals surface area contributed by atoms with Crippen LogP contribution < -0.4 is 15.1 Å². The smallest absolute Gasteiger partial charge is 0.245 e. The van der Waals surface area contributed by atoms with Crippen molar-refractivity contribution in [1.29, 1.82) is 0 Å². The number of fused-ring (bicyclic) bond motifs is 3. The predicted molar refractivity (Wildman–Crippen MR) is 175 cm³/mol. The predicted octanol–water partition coefficient (Wildman–Crippen LogP) is 2.30. The summed E-state index contributed by atoms with van der Waals surface area (Å²) in [5, 5.41) is 8.71. The van der Waals surface area contributed by atoms with Gasteiger partial charge in [0.25, 0.3) is 0 Å². The van der Waals surface area contributed by atoms with Crippen molar-refractivity contribution in [2.45, 2.75) is 57.7 Å². The normalized spacial score (nSPS) is 25.7. The van der Waals surface area contributed by atoms with Crippen molar-refractivity contribution in [1.82, 2.24) is 29.7 Å². The highest BCUT2D eigenvalue weighted by Crippen LogP contribution is 2.42. The zero-order valence-corrected chi connectivity index (χ0v) is 27.5. The van der Waals surface area contributed by atoms with Gasteiger partial charge in [0.2, 0.25) is 11.9 Å². The van der Waals surface area contributed by atoms with Gasteiger partial charge in [0.1, 0.15) is 5.82 Å². The number of aromatic nitrogens is 3. The Bertz CT molecular complexity index is 1560. The number of hydrogen-bond donors (Lipinski definition) is 1. The number of ether oxygens (including phenoxy) is 2. The van der Waals surface area contributed by atoms with E-state index in [4.69, 9.17) is 19.6 Å². The van der Waals surface area contributed by atoms with Crippen LogP contribution in [0.5, 0.6) is 0 Å². The van der Waals surface area contributed by atoms with E-state index in [-0.39, 0.29) is 23.2 Å². The number of amides is 1. The maximum Gasteiger partial charge on any atom is 0.245 e. The molecular formula is C34H47FN8O3. The van der Waals surface area contributed by atoms with E-state index in [1.165, 1.54) is 12.1 Å². The fourth-order valence-electron chi connectivity index (χ4n) is 7.51. The molecule has 2 aromatic heterocycles. The minimum atomic E-state index is -0.340. The molecule has 248 valence electrons. The van der Waals surface area contributed by atoms with Gasteiger partial charge < -0.3 is 24.6 Å². The van der Waals surface area contributed by atoms with E-state index in [0.29, 0.717) is 50.8 Å². The Balaban J connectivity index is 1.22. The van der Waals surface area contributed by atoms with Gasteiger partial charge in [-0.25, -0.2) is 8.91 Å². The third-order valence-electron chi connectivity index (χ3n) is 10.1. The van der Waals surface area contributed by atoms with Crippen LogP contribution in [-0.4, -0.2) is 127 Å². The molecule has 12 heteroatoms. The first-order chi connectivity index (χ1) is 22.2. The first kappa shape index (κ1) is 31.4. The summed E-state index contributed by atoms with van der Waals surface area (Å²) in [6.07, 6.45) is 0.551. The number of pyridine rings is 1. The average Bonchev–Trinajstić information content (AvgIpc) is 3.60. The molecule has 0 bridgehead atoms. The third kappa shape index (κ3) is 6.25. The average molecular weight is 635 g/mol. The summed E-state index contributed by atoms with van der Waals surface area (Å²) in [7, 11) is 0. The maximum atomic E-state index is 14.4. The largest absolute Gasteiger partial charge is 0.379 e. The summed E-state index contributed by atoms with van der Waals surface area (Å²) in [5.41, 5.74) is 4.26. The van der Waals surface area contributed by atoms with Gasteiger partial charge in [0, 0.05) is 81.3 Å². The van der Waals surface area contributed by atoms with Crippen molar-refractivity contribution in [3.63, 3.8) is 0 Å². The Morgan fingerprint density at radius 2 is 1.83 bits per heavy atom. The third-order valence-corrected chi connectivity index (χ3v) is 10.1. The molecule has 3 atom stereocenters. The van der Waals surface area contributed by atoms with E-state index >= 15 is 0 Å². The van der Waals surface area contributed by atoms with Crippen LogP contribution >= 0.6 is 0 Å². The van der Waals surface area contributed by atoms with E-state index in [1.807, 2.05) is 21.5 Å². The number of anilines is 2. The molecule has 0 spiro atoms. The maximum absolute atomic E-state index is 14.4. The molecule has 4 aliphatic heterocycles. The number of benzene rings is 1. The lowest BCUT2D eigenvalue weighted by molar-refractivity contribution is -0.121. The Kier molecular flexibility index (Phi) is 8.75. The van der Waals surface area contributed by atoms with Crippen LogP contribution in [0.4, 0.5) is 16.0 Å². The number of piperazine rings is 1. The van der Waals surface area contributed by atoms with Crippen LogP contribution in [0.15, 0.2) is 30.3 Å². The number of hydrogen-bond acceptors (Lipinski definition) is 9. The van der Waals surface area contributed by atoms with E-state index < -0.39 is 0 Å². The molecule has 0 radical (unpaired) electrons. The number of carbonyl (C=O) groups excluding carboxylic acids is 1. The van der Waals surface area contributed by atoms with Gasteiger partial charge in [-0.05, 0) is 37.6 Å². The van der Waals surface area contributed by atoms with Crippen LogP contribution in [0.1, 0.15) is 44.5 Å². The van der Waals surface area contributed by atoms with Crippen molar-refractivity contribution in [3.8, 4) is 0 Å². The second kappa shape index (κ2) is 12.8. The number of carbonyl (C=O) groups is 1. The van der Waals surface area contributed by atoms with Crippen molar-refractivity contribution in [2.24, 2.45) is 0 Å². The molecule has 3 fully saturated rings. The van der Waals surface area contributed by atoms with Gasteiger partial charge in [0.15, 0.2) is 5.65 Å². The van der Waals surface area contributed by atoms with E-state index in [0.717, 1.165) is 80.6 Å². The molecule has 0 unspecified atom stereocenters. The van der Waals surface area contributed by atoms with Crippen LogP contribution in [0.3, 0.4) is 0 Å². The zero-order valence-electron chi connectivity index (χ0n) is 27.5. The lowest BCUT2D eigenvalue weighted by Gasteiger charge is -2.43. The van der Waals surface area contributed by atoms with Crippen LogP contribution in [0, 0.1) is 5.82 Å². The van der Waals surface area contributed by atoms with Gasteiger partial charge in [-0.1, -0.05) is 26.0 Å². The van der Waals surface area contributed by atoms with Crippen molar-refractivity contribution in [2.75, 3.05) is 88.6 Å². The lowest BCUT2D eigenvalue weighted by Crippen LogP contribution is -2.62. The summed E-state index contributed by atoms with van der Waals surface area (Å²) in [6, 6.07) is 9.64. The van der Waals surface area contributed by atoms with E-state index in [1.54, 1.807) is 0 Å². The first-order valence-electron chi connectivity index (χ1n) is 16.8. The Hall–Kier alpha value is -3.16. The molecule has 1 amide bonds. The standard InChI is InChI=1S/C34H47FN8O3/c1-23-18-41(28(17-36-23)19-40-11-14-46-21-24(40)2)20-30(44)42-22-34(3,4)31-29(42)16-26(15-25-5-7-27(35)8-6-25)32-37-33(38-43(31)32)39-9-12-45-13-10-39/h5-8,16,23-24,28,36H,9-15,17-22H2,1-4H3/t23-,24-,28-/m1/s1. The number of rotatable bonds is 7. The molecule has 0 aliphatic carbocycles. The molecule has 1 N–H and O–H groups in total. The van der Waals surface area contributed by atoms with Crippen LogP contribution in [0.25, 0.3) is 5.65 Å². The molecule has 3 aromatic rings. The molecule has 11 nitrogen and oxygen atoms in total. The molecule has 6 heterocycles.